The Morgan fingerprint density at radius 2 is 1.64 bits per heavy atom. The second-order valence-electron chi connectivity index (χ2n) is 6.83. The lowest BCUT2D eigenvalue weighted by atomic mass is 10.1. The first-order valence-corrected chi connectivity index (χ1v) is 9.54. The fraction of sp³-hybridized carbons (Fsp3) is 0.650. The molecule has 1 radical (unpaired) electrons. The van der Waals surface area contributed by atoms with Crippen LogP contribution in [0.1, 0.15) is 31.2 Å². The van der Waals surface area contributed by atoms with E-state index in [1.54, 1.807) is 0 Å². The molecule has 5 nitrogen and oxygen atoms in total. The van der Waals surface area contributed by atoms with Crippen molar-refractivity contribution in [2.75, 3.05) is 52.5 Å². The maximum absolute atomic E-state index is 10.2. The van der Waals surface area contributed by atoms with Gasteiger partial charge in [-0.25, -0.2) is 0 Å². The highest BCUT2D eigenvalue weighted by molar-refractivity contribution is 5.50. The monoisotopic (exact) mass is 345 g/mol. The molecule has 1 saturated heterocycles. The van der Waals surface area contributed by atoms with E-state index in [4.69, 9.17) is 9.47 Å². The summed E-state index contributed by atoms with van der Waals surface area (Å²) in [6.45, 7) is 8.12. The van der Waals surface area contributed by atoms with Gasteiger partial charge in [0.1, 0.15) is 13.2 Å². The van der Waals surface area contributed by atoms with E-state index in [1.165, 1.54) is 5.56 Å². The van der Waals surface area contributed by atoms with E-state index < -0.39 is 0 Å². The predicted molar refractivity (Wildman–Crippen MR) is 98.2 cm³/mol. The van der Waals surface area contributed by atoms with Gasteiger partial charge in [0.2, 0.25) is 0 Å². The van der Waals surface area contributed by atoms with Gasteiger partial charge in [-0.2, -0.15) is 0 Å². The molecule has 0 spiro atoms. The Morgan fingerprint density at radius 3 is 2.40 bits per heavy atom. The molecular weight excluding hydrogens is 316 g/mol. The largest absolute Gasteiger partial charge is 0.486 e. The number of ether oxygens (including phenoxy) is 2. The van der Waals surface area contributed by atoms with Crippen LogP contribution in [0.2, 0.25) is 0 Å². The fourth-order valence-electron chi connectivity index (χ4n) is 3.59. The van der Waals surface area contributed by atoms with Crippen LogP contribution < -0.4 is 9.47 Å². The third kappa shape index (κ3) is 5.44. The van der Waals surface area contributed by atoms with Crippen molar-refractivity contribution in [3.05, 3.63) is 23.8 Å². The Balaban J connectivity index is 1.35. The maximum atomic E-state index is 10.2. The molecule has 25 heavy (non-hydrogen) atoms. The first-order valence-electron chi connectivity index (χ1n) is 9.54. The van der Waals surface area contributed by atoms with Gasteiger partial charge in [-0.3, -0.25) is 4.79 Å². The summed E-state index contributed by atoms with van der Waals surface area (Å²) in [6, 6.07) is 6.20. The lowest BCUT2D eigenvalue weighted by Crippen LogP contribution is -2.46. The van der Waals surface area contributed by atoms with Crippen LogP contribution in [0.3, 0.4) is 0 Å². The van der Waals surface area contributed by atoms with E-state index in [2.05, 4.69) is 21.9 Å². The normalized spacial score (nSPS) is 18.2. The highest BCUT2D eigenvalue weighted by atomic mass is 16.6. The summed E-state index contributed by atoms with van der Waals surface area (Å²) in [6.07, 6.45) is 6.82. The Hall–Kier alpha value is -1.59. The Bertz CT molecular complexity index is 542. The van der Waals surface area contributed by atoms with Crippen LogP contribution in [-0.2, 0) is 11.2 Å². The van der Waals surface area contributed by atoms with Crippen molar-refractivity contribution in [3.63, 3.8) is 0 Å². The van der Waals surface area contributed by atoms with Gasteiger partial charge in [0.15, 0.2) is 17.8 Å². The Morgan fingerprint density at radius 1 is 0.920 bits per heavy atom. The number of aryl methyl sites for hydroxylation is 1. The molecule has 0 saturated carbocycles. The van der Waals surface area contributed by atoms with E-state index in [0.717, 1.165) is 76.5 Å². The number of hydrogen-bond acceptors (Lipinski definition) is 5. The van der Waals surface area contributed by atoms with Crippen molar-refractivity contribution in [3.8, 4) is 11.5 Å². The zero-order valence-corrected chi connectivity index (χ0v) is 15.0. The molecule has 5 heteroatoms. The average molecular weight is 345 g/mol. The molecule has 1 aromatic carbocycles. The predicted octanol–water partition coefficient (Wildman–Crippen LogP) is 2.29. The average Bonchev–Trinajstić information content (AvgIpc) is 2.67. The summed E-state index contributed by atoms with van der Waals surface area (Å²) in [4.78, 5) is 15.3. The molecule has 0 amide bonds. The number of hydrogen-bond donors (Lipinski definition) is 0. The molecule has 0 N–H and O–H groups in total. The summed E-state index contributed by atoms with van der Waals surface area (Å²) in [5, 5.41) is 0. The standard InChI is InChI=1S/C20H29N2O3/c23-15-3-1-2-9-21-11-13-22(14-12-21)10-5-7-18-6-4-8-19-20(18)25-17-16-24-19/h4,6,8H,1-3,5,7,9-14,16-17H2. The maximum Gasteiger partial charge on any atom is 0.198 e. The minimum atomic E-state index is 0.581. The number of unbranched alkanes of at least 4 members (excludes halogenated alkanes) is 2. The number of fused-ring (bicyclic) bond motifs is 1. The first kappa shape index (κ1) is 18.2. The fourth-order valence-corrected chi connectivity index (χ4v) is 3.59. The lowest BCUT2D eigenvalue weighted by Gasteiger charge is -2.34. The number of benzene rings is 1. The lowest BCUT2D eigenvalue weighted by molar-refractivity contribution is 0.130. The molecule has 1 fully saturated rings. The molecule has 0 aliphatic carbocycles. The number of nitrogens with zero attached hydrogens (tertiary/aromatic N) is 2. The van der Waals surface area contributed by atoms with Crippen LogP contribution in [-0.4, -0.2) is 68.6 Å². The van der Waals surface area contributed by atoms with Crippen LogP contribution in [0.15, 0.2) is 18.2 Å². The number of para-hydroxylation sites is 1. The molecule has 2 aliphatic heterocycles. The second kappa shape index (κ2) is 9.78. The van der Waals surface area contributed by atoms with E-state index in [9.17, 15) is 4.79 Å². The van der Waals surface area contributed by atoms with Gasteiger partial charge in [0.25, 0.3) is 0 Å². The molecule has 0 unspecified atom stereocenters. The molecule has 137 valence electrons. The third-order valence-corrected chi connectivity index (χ3v) is 5.04. The molecule has 0 aromatic heterocycles. The van der Waals surface area contributed by atoms with Crippen molar-refractivity contribution in [2.45, 2.75) is 32.1 Å². The van der Waals surface area contributed by atoms with Gasteiger partial charge in [-0.15, -0.1) is 0 Å². The van der Waals surface area contributed by atoms with E-state index in [-0.39, 0.29) is 0 Å². The van der Waals surface area contributed by atoms with Crippen molar-refractivity contribution in [1.82, 2.24) is 9.80 Å². The number of carbonyl (C=O) groups excluding carboxylic acids is 1. The smallest absolute Gasteiger partial charge is 0.198 e. The molecule has 2 aliphatic rings. The topological polar surface area (TPSA) is 42.0 Å². The minimum Gasteiger partial charge on any atom is -0.486 e. The summed E-state index contributed by atoms with van der Waals surface area (Å²) in [7, 11) is 0. The SMILES string of the molecule is O=[C]CCCCN1CCN(CCCc2cccc3c2OCCO3)CC1. The van der Waals surface area contributed by atoms with Gasteiger partial charge in [-0.05, 0) is 50.4 Å². The molecule has 3 rings (SSSR count). The Kier molecular flexibility index (Phi) is 7.12. The second-order valence-corrected chi connectivity index (χ2v) is 6.83. The summed E-state index contributed by atoms with van der Waals surface area (Å²) < 4.78 is 11.5. The minimum absolute atomic E-state index is 0.581. The van der Waals surface area contributed by atoms with Crippen molar-refractivity contribution >= 4 is 6.29 Å². The van der Waals surface area contributed by atoms with Gasteiger partial charge >= 0.3 is 0 Å². The Labute approximate surface area is 150 Å². The van der Waals surface area contributed by atoms with Crippen LogP contribution in [0.5, 0.6) is 11.5 Å². The number of piperazine rings is 1. The number of rotatable bonds is 9. The zero-order chi connectivity index (χ0) is 17.3. The van der Waals surface area contributed by atoms with Crippen molar-refractivity contribution in [2.24, 2.45) is 0 Å². The first-order chi connectivity index (χ1) is 12.4. The van der Waals surface area contributed by atoms with Gasteiger partial charge < -0.3 is 19.3 Å². The van der Waals surface area contributed by atoms with E-state index in [0.29, 0.717) is 19.6 Å². The molecule has 0 bridgehead atoms. The van der Waals surface area contributed by atoms with Crippen molar-refractivity contribution < 1.29 is 14.3 Å². The third-order valence-electron chi connectivity index (χ3n) is 5.04. The zero-order valence-electron chi connectivity index (χ0n) is 15.0. The van der Waals surface area contributed by atoms with Gasteiger partial charge in [0, 0.05) is 32.6 Å². The van der Waals surface area contributed by atoms with E-state index in [1.807, 2.05) is 12.4 Å². The van der Waals surface area contributed by atoms with Crippen LogP contribution in [0.25, 0.3) is 0 Å². The van der Waals surface area contributed by atoms with Crippen molar-refractivity contribution in [1.29, 1.82) is 0 Å². The molecule has 0 atom stereocenters. The van der Waals surface area contributed by atoms with Gasteiger partial charge in [-0.1, -0.05) is 12.1 Å². The summed E-state index contributed by atoms with van der Waals surface area (Å²) in [5.41, 5.74) is 1.27. The highest BCUT2D eigenvalue weighted by Crippen LogP contribution is 2.34. The molecular formula is C20H29N2O3. The summed E-state index contributed by atoms with van der Waals surface area (Å²) in [5.74, 6) is 1.84. The molecule has 1 aromatic rings. The highest BCUT2D eigenvalue weighted by Gasteiger charge is 2.18. The quantitative estimate of drug-likeness (QED) is 0.643. The van der Waals surface area contributed by atoms with Crippen LogP contribution in [0, 0.1) is 0 Å². The summed E-state index contributed by atoms with van der Waals surface area (Å²) >= 11 is 0. The van der Waals surface area contributed by atoms with Crippen LogP contribution in [0.4, 0.5) is 0 Å². The molecule has 2 heterocycles. The van der Waals surface area contributed by atoms with E-state index >= 15 is 0 Å². The van der Waals surface area contributed by atoms with Gasteiger partial charge in [0.05, 0.1) is 0 Å². The van der Waals surface area contributed by atoms with Crippen LogP contribution >= 0.6 is 0 Å².